The summed E-state index contributed by atoms with van der Waals surface area (Å²) >= 11 is 1.27. The molecule has 2 N–H and O–H groups in total. The van der Waals surface area contributed by atoms with Crippen molar-refractivity contribution in [2.75, 3.05) is 12.4 Å². The third-order valence-electron chi connectivity index (χ3n) is 3.17. The second kappa shape index (κ2) is 7.32. The Morgan fingerprint density at radius 1 is 1.40 bits per heavy atom. The van der Waals surface area contributed by atoms with E-state index in [1.165, 1.54) is 36.7 Å². The van der Waals surface area contributed by atoms with Crippen LogP contribution in [0.25, 0.3) is 6.08 Å². The third-order valence-corrected chi connectivity index (χ3v) is 4.43. The number of aromatic hydroxyl groups is 1. The van der Waals surface area contributed by atoms with E-state index in [9.17, 15) is 15.2 Å². The Bertz CT molecular complexity index is 860. The molecule has 0 aliphatic carbocycles. The number of benzene rings is 1. The minimum absolute atomic E-state index is 0.0221. The number of ether oxygens (including phenoxy) is 1. The van der Waals surface area contributed by atoms with E-state index in [2.05, 4.69) is 15.5 Å². The van der Waals surface area contributed by atoms with Gasteiger partial charge in [-0.25, -0.2) is 0 Å². The molecular weight excluding hydrogens is 340 g/mol. The third kappa shape index (κ3) is 4.55. The molecule has 25 heavy (non-hydrogen) atoms. The van der Waals surface area contributed by atoms with Gasteiger partial charge in [-0.15, -0.1) is 10.2 Å². The number of anilines is 1. The molecule has 0 saturated carbocycles. The summed E-state index contributed by atoms with van der Waals surface area (Å²) in [5.74, 6) is -0.345. The lowest BCUT2D eigenvalue weighted by Gasteiger charge is -2.12. The largest absolute Gasteiger partial charge is 0.504 e. The van der Waals surface area contributed by atoms with Crippen LogP contribution in [0.1, 0.15) is 31.3 Å². The predicted octanol–water partition coefficient (Wildman–Crippen LogP) is 3.10. The average Bonchev–Trinajstić information content (AvgIpc) is 3.02. The van der Waals surface area contributed by atoms with Crippen LogP contribution in [0, 0.1) is 11.3 Å². The molecule has 7 nitrogen and oxygen atoms in total. The van der Waals surface area contributed by atoms with E-state index in [0.29, 0.717) is 10.7 Å². The molecule has 0 bridgehead atoms. The molecule has 2 rings (SSSR count). The summed E-state index contributed by atoms with van der Waals surface area (Å²) in [5, 5.41) is 30.5. The molecule has 0 aliphatic rings. The molecule has 1 aromatic heterocycles. The number of nitriles is 1. The molecule has 0 atom stereocenters. The Kier molecular flexibility index (Phi) is 5.39. The minimum Gasteiger partial charge on any atom is -0.504 e. The first-order valence-corrected chi connectivity index (χ1v) is 8.20. The number of nitrogens with one attached hydrogen (secondary N) is 1. The maximum atomic E-state index is 12.3. The Morgan fingerprint density at radius 2 is 2.12 bits per heavy atom. The summed E-state index contributed by atoms with van der Waals surface area (Å²) in [6.45, 7) is 5.99. The topological polar surface area (TPSA) is 108 Å². The zero-order valence-corrected chi connectivity index (χ0v) is 15.1. The highest BCUT2D eigenvalue weighted by atomic mass is 32.1. The first-order chi connectivity index (χ1) is 11.7. The molecule has 2 aromatic rings. The highest BCUT2D eigenvalue weighted by molar-refractivity contribution is 7.15. The summed E-state index contributed by atoms with van der Waals surface area (Å²) in [6.07, 6.45) is 1.41. The summed E-state index contributed by atoms with van der Waals surface area (Å²) < 4.78 is 5.01. The maximum Gasteiger partial charge on any atom is 0.268 e. The molecule has 0 spiro atoms. The Balaban J connectivity index is 2.21. The smallest absolute Gasteiger partial charge is 0.268 e. The van der Waals surface area contributed by atoms with Gasteiger partial charge < -0.3 is 9.84 Å². The van der Waals surface area contributed by atoms with Crippen LogP contribution in [-0.4, -0.2) is 28.3 Å². The van der Waals surface area contributed by atoms with Crippen molar-refractivity contribution >= 4 is 28.5 Å². The second-order valence-corrected chi connectivity index (χ2v) is 7.20. The van der Waals surface area contributed by atoms with Crippen molar-refractivity contribution in [3.05, 3.63) is 34.3 Å². The number of carbonyl (C=O) groups excluding carboxylic acids is 1. The zero-order valence-electron chi connectivity index (χ0n) is 14.3. The van der Waals surface area contributed by atoms with Crippen LogP contribution in [0.2, 0.25) is 0 Å². The highest BCUT2D eigenvalue weighted by Crippen LogP contribution is 2.29. The minimum atomic E-state index is -0.578. The van der Waals surface area contributed by atoms with Crippen LogP contribution in [0.3, 0.4) is 0 Å². The number of rotatable bonds is 4. The number of methoxy groups -OCH3 is 1. The summed E-state index contributed by atoms with van der Waals surface area (Å²) in [5.41, 5.74) is 0.283. The van der Waals surface area contributed by atoms with Crippen molar-refractivity contribution in [2.24, 2.45) is 0 Å². The van der Waals surface area contributed by atoms with Crippen molar-refractivity contribution in [3.8, 4) is 17.6 Å². The molecule has 0 fully saturated rings. The molecule has 0 unspecified atom stereocenters. The number of aromatic nitrogens is 2. The first-order valence-electron chi connectivity index (χ1n) is 7.38. The number of nitrogens with zero attached hydrogens (tertiary/aromatic N) is 3. The molecule has 1 aromatic carbocycles. The molecule has 1 heterocycles. The Morgan fingerprint density at radius 3 is 2.68 bits per heavy atom. The van der Waals surface area contributed by atoms with Gasteiger partial charge in [-0.2, -0.15) is 5.26 Å². The van der Waals surface area contributed by atoms with E-state index in [4.69, 9.17) is 4.74 Å². The van der Waals surface area contributed by atoms with E-state index in [-0.39, 0.29) is 22.5 Å². The number of phenols is 1. The van der Waals surface area contributed by atoms with Crippen molar-refractivity contribution < 1.29 is 14.6 Å². The van der Waals surface area contributed by atoms with Crippen LogP contribution in [0.4, 0.5) is 5.13 Å². The van der Waals surface area contributed by atoms with Gasteiger partial charge in [-0.3, -0.25) is 10.1 Å². The van der Waals surface area contributed by atoms with Gasteiger partial charge in [0.25, 0.3) is 5.91 Å². The standard InChI is InChI=1S/C17H18N4O3S/c1-17(2,3)15-20-21-16(25-15)19-14(23)11(9-18)7-10-5-6-12(22)13(8-10)24-4/h5-8,22H,1-4H3,(H,19,21,23)/b11-7+. The van der Waals surface area contributed by atoms with Gasteiger partial charge in [0.05, 0.1) is 7.11 Å². The van der Waals surface area contributed by atoms with E-state index >= 15 is 0 Å². The molecule has 0 aliphatic heterocycles. The maximum absolute atomic E-state index is 12.3. The van der Waals surface area contributed by atoms with E-state index in [1.807, 2.05) is 26.8 Å². The predicted molar refractivity (Wildman–Crippen MR) is 95.5 cm³/mol. The van der Waals surface area contributed by atoms with Crippen molar-refractivity contribution in [1.82, 2.24) is 10.2 Å². The Labute approximate surface area is 149 Å². The van der Waals surface area contributed by atoms with Crippen LogP contribution >= 0.6 is 11.3 Å². The van der Waals surface area contributed by atoms with Crippen LogP contribution in [-0.2, 0) is 10.2 Å². The van der Waals surface area contributed by atoms with Gasteiger partial charge in [0.1, 0.15) is 16.6 Å². The highest BCUT2D eigenvalue weighted by Gasteiger charge is 2.20. The molecule has 8 heteroatoms. The normalized spacial score (nSPS) is 11.7. The van der Waals surface area contributed by atoms with E-state index < -0.39 is 5.91 Å². The fourth-order valence-corrected chi connectivity index (χ4v) is 2.64. The number of phenolic OH excluding ortho intramolecular Hbond substituents is 1. The van der Waals surface area contributed by atoms with Crippen molar-refractivity contribution in [2.45, 2.75) is 26.2 Å². The van der Waals surface area contributed by atoms with Crippen molar-refractivity contribution in [3.63, 3.8) is 0 Å². The number of carbonyl (C=O) groups is 1. The number of amides is 1. The lowest BCUT2D eigenvalue weighted by atomic mass is 9.98. The number of hydrogen-bond donors (Lipinski definition) is 2. The second-order valence-electron chi connectivity index (χ2n) is 6.22. The molecule has 0 saturated heterocycles. The average molecular weight is 358 g/mol. The van der Waals surface area contributed by atoms with E-state index in [0.717, 1.165) is 5.01 Å². The number of hydrogen-bond acceptors (Lipinski definition) is 7. The van der Waals surface area contributed by atoms with Gasteiger partial charge in [0.15, 0.2) is 11.5 Å². The lowest BCUT2D eigenvalue weighted by Crippen LogP contribution is -2.13. The lowest BCUT2D eigenvalue weighted by molar-refractivity contribution is -0.112. The SMILES string of the molecule is COc1cc(/C=C(\C#N)C(=O)Nc2nnc(C(C)(C)C)s2)ccc1O. The van der Waals surface area contributed by atoms with Crippen LogP contribution in [0.15, 0.2) is 23.8 Å². The van der Waals surface area contributed by atoms with Gasteiger partial charge >= 0.3 is 0 Å². The summed E-state index contributed by atoms with van der Waals surface area (Å²) in [4.78, 5) is 12.3. The quantitative estimate of drug-likeness (QED) is 0.642. The summed E-state index contributed by atoms with van der Waals surface area (Å²) in [6, 6.07) is 6.40. The van der Waals surface area contributed by atoms with E-state index in [1.54, 1.807) is 6.07 Å². The summed E-state index contributed by atoms with van der Waals surface area (Å²) in [7, 11) is 1.42. The Hall–Kier alpha value is -2.92. The fraction of sp³-hybridized carbons (Fsp3) is 0.294. The monoisotopic (exact) mass is 358 g/mol. The zero-order chi connectivity index (χ0) is 18.6. The van der Waals surface area contributed by atoms with Crippen LogP contribution < -0.4 is 10.1 Å². The van der Waals surface area contributed by atoms with Crippen LogP contribution in [0.5, 0.6) is 11.5 Å². The van der Waals surface area contributed by atoms with Gasteiger partial charge in [0, 0.05) is 5.41 Å². The van der Waals surface area contributed by atoms with Gasteiger partial charge in [0.2, 0.25) is 5.13 Å². The molecule has 1 amide bonds. The van der Waals surface area contributed by atoms with Gasteiger partial charge in [-0.05, 0) is 23.8 Å². The first kappa shape index (κ1) is 18.4. The molecule has 0 radical (unpaired) electrons. The van der Waals surface area contributed by atoms with Gasteiger partial charge in [-0.1, -0.05) is 38.2 Å². The molecule has 130 valence electrons. The molecular formula is C17H18N4O3S. The van der Waals surface area contributed by atoms with Crippen molar-refractivity contribution in [1.29, 1.82) is 5.26 Å². The fourth-order valence-electron chi connectivity index (χ4n) is 1.84.